The van der Waals surface area contributed by atoms with Crippen LogP contribution >= 0.6 is 11.3 Å². The number of fused-ring (bicyclic) bond motifs is 1. The van der Waals surface area contributed by atoms with Crippen molar-refractivity contribution in [2.24, 2.45) is 0 Å². The molecule has 2 aromatic carbocycles. The molecule has 0 fully saturated rings. The van der Waals surface area contributed by atoms with Crippen molar-refractivity contribution in [3.63, 3.8) is 0 Å². The third-order valence-corrected chi connectivity index (χ3v) is 8.68. The predicted molar refractivity (Wildman–Crippen MR) is 112 cm³/mol. The van der Waals surface area contributed by atoms with Crippen molar-refractivity contribution >= 4 is 57.1 Å². The van der Waals surface area contributed by atoms with E-state index in [-0.39, 0.29) is 21.5 Å². The van der Waals surface area contributed by atoms with Crippen molar-refractivity contribution in [2.75, 3.05) is 5.32 Å². The number of aryl methyl sites for hydroxylation is 3. The van der Waals surface area contributed by atoms with Gasteiger partial charge in [-0.2, -0.15) is 0 Å². The van der Waals surface area contributed by atoms with Gasteiger partial charge in [0.25, 0.3) is 0 Å². The summed E-state index contributed by atoms with van der Waals surface area (Å²) >= 11 is 1.43. The fraction of sp³-hybridized carbons (Fsp3) is 0.150. The molecule has 0 amide bonds. The van der Waals surface area contributed by atoms with Crippen molar-refractivity contribution in [3.8, 4) is 5.75 Å². The molecule has 0 saturated heterocycles. The van der Waals surface area contributed by atoms with Crippen LogP contribution in [0.15, 0.2) is 42.7 Å². The van der Waals surface area contributed by atoms with Gasteiger partial charge in [-0.05, 0) is 0 Å². The van der Waals surface area contributed by atoms with Crippen LogP contribution in [-0.2, 0) is 0 Å². The molecule has 0 aliphatic rings. The van der Waals surface area contributed by atoms with Crippen molar-refractivity contribution in [1.82, 2.24) is 15.0 Å². The third-order valence-electron chi connectivity index (χ3n) is 4.30. The van der Waals surface area contributed by atoms with Crippen LogP contribution in [0.4, 0.5) is 11.5 Å². The van der Waals surface area contributed by atoms with Gasteiger partial charge in [0.15, 0.2) is 0 Å². The number of hydrogen-bond acceptors (Lipinski definition) is 6. The van der Waals surface area contributed by atoms with Gasteiger partial charge in [-0.3, -0.25) is 0 Å². The number of nitrogens with zero attached hydrogens (tertiary/aromatic N) is 3. The summed E-state index contributed by atoms with van der Waals surface area (Å²) in [6, 6.07) is 11.9. The van der Waals surface area contributed by atoms with Crippen LogP contribution in [0.25, 0.3) is 10.3 Å². The summed E-state index contributed by atoms with van der Waals surface area (Å²) in [5.74, 6) is 0.915. The molecule has 0 spiro atoms. The number of aromatic nitrogens is 3. The fourth-order valence-corrected chi connectivity index (χ4v) is 6.55. The van der Waals surface area contributed by atoms with E-state index in [0.29, 0.717) is 5.82 Å². The number of rotatable bonds is 4. The first-order valence-corrected chi connectivity index (χ1v) is 11.2. The zero-order valence-corrected chi connectivity index (χ0v) is 17.9. The fourth-order valence-electron chi connectivity index (χ4n) is 2.78. The molecule has 1 radical (unpaired) electrons. The van der Waals surface area contributed by atoms with E-state index >= 15 is 0 Å². The summed E-state index contributed by atoms with van der Waals surface area (Å²) in [5, 5.41) is 13.2. The Labute approximate surface area is 168 Å². The maximum absolute atomic E-state index is 9.93. The second-order valence-electron chi connectivity index (χ2n) is 6.35. The van der Waals surface area contributed by atoms with Crippen molar-refractivity contribution in [2.45, 2.75) is 20.8 Å². The van der Waals surface area contributed by atoms with E-state index in [4.69, 9.17) is 4.98 Å². The van der Waals surface area contributed by atoms with Gasteiger partial charge in [0.1, 0.15) is 0 Å². The van der Waals surface area contributed by atoms with E-state index in [1.807, 2.05) is 19.1 Å². The van der Waals surface area contributed by atoms with E-state index in [1.54, 1.807) is 23.7 Å². The zero-order valence-electron chi connectivity index (χ0n) is 15.2. The van der Waals surface area contributed by atoms with Gasteiger partial charge in [0.05, 0.1) is 0 Å². The first-order chi connectivity index (χ1) is 13.0. The predicted octanol–water partition coefficient (Wildman–Crippen LogP) is 3.12. The Morgan fingerprint density at radius 1 is 1.00 bits per heavy atom. The van der Waals surface area contributed by atoms with E-state index in [1.165, 1.54) is 15.5 Å². The Hall–Kier alpha value is -2.43. The molecule has 4 aromatic rings. The SMILES string of the molecule is Cc1ccc(Nc2ncnc3sc([As]c4c(C)cccc4C)nc23)cc1O. The Morgan fingerprint density at radius 2 is 1.78 bits per heavy atom. The number of hydrogen-bond donors (Lipinski definition) is 2. The van der Waals surface area contributed by atoms with E-state index in [0.717, 1.165) is 25.4 Å². The van der Waals surface area contributed by atoms with Crippen LogP contribution in [0.3, 0.4) is 0 Å². The first kappa shape index (κ1) is 18.0. The van der Waals surface area contributed by atoms with Crippen LogP contribution in [0, 0.1) is 20.8 Å². The molecule has 0 aliphatic carbocycles. The topological polar surface area (TPSA) is 70.9 Å². The second kappa shape index (κ2) is 7.29. The quantitative estimate of drug-likeness (QED) is 0.480. The molecule has 0 bridgehead atoms. The van der Waals surface area contributed by atoms with Crippen LogP contribution in [0.2, 0.25) is 0 Å². The van der Waals surface area contributed by atoms with Crippen LogP contribution in [0.5, 0.6) is 5.75 Å². The van der Waals surface area contributed by atoms with Crippen molar-refractivity contribution < 1.29 is 5.11 Å². The summed E-state index contributed by atoms with van der Waals surface area (Å²) in [7, 11) is 0. The molecule has 0 atom stereocenters. The van der Waals surface area contributed by atoms with Gasteiger partial charge < -0.3 is 0 Å². The van der Waals surface area contributed by atoms with Gasteiger partial charge in [0.2, 0.25) is 0 Å². The van der Waals surface area contributed by atoms with Gasteiger partial charge in [-0.25, -0.2) is 0 Å². The maximum atomic E-state index is 9.93. The minimum atomic E-state index is -0.203. The molecule has 2 heterocycles. The van der Waals surface area contributed by atoms with Crippen molar-refractivity contribution in [3.05, 3.63) is 59.4 Å². The number of anilines is 2. The number of nitrogens with one attached hydrogen (secondary N) is 1. The first-order valence-electron chi connectivity index (χ1n) is 8.47. The molecule has 0 unspecified atom stereocenters. The molecule has 2 N–H and O–H groups in total. The molecule has 0 saturated carbocycles. The minimum absolute atomic E-state index is 0.203. The molecule has 4 rings (SSSR count). The average Bonchev–Trinajstić information content (AvgIpc) is 3.05. The molecular formula is C20H18AsN4OS. The van der Waals surface area contributed by atoms with Gasteiger partial charge >= 0.3 is 168 Å². The standard InChI is InChI=1S/C20H18AsN4OS/c1-11-7-8-14(9-15(11)26)24-18-17-19(23-10-22-18)27-20(25-17)21-16-12(2)5-4-6-13(16)3/h4-10,26H,1-3H3,(H,22,23,24). The summed E-state index contributed by atoms with van der Waals surface area (Å²) in [5.41, 5.74) is 5.01. The Kier molecular flexibility index (Phi) is 4.85. The zero-order chi connectivity index (χ0) is 19.0. The third kappa shape index (κ3) is 3.68. The van der Waals surface area contributed by atoms with Crippen LogP contribution < -0.4 is 13.5 Å². The monoisotopic (exact) mass is 437 g/mol. The molecular weight excluding hydrogens is 419 g/mol. The summed E-state index contributed by atoms with van der Waals surface area (Å²) in [6.45, 7) is 6.18. The number of phenols is 1. The van der Waals surface area contributed by atoms with E-state index < -0.39 is 0 Å². The summed E-state index contributed by atoms with van der Waals surface area (Å²) < 4.78 is 2.51. The van der Waals surface area contributed by atoms with Gasteiger partial charge in [0, 0.05) is 0 Å². The number of thiazole rings is 1. The molecule has 7 heteroatoms. The Balaban J connectivity index is 1.68. The summed E-state index contributed by atoms with van der Waals surface area (Å²) in [6.07, 6.45) is 1.55. The molecule has 0 aliphatic heterocycles. The number of aromatic hydroxyl groups is 1. The Bertz CT molecular complexity index is 1120. The number of phenolic OH excluding ortho intramolecular Hbond substituents is 1. The van der Waals surface area contributed by atoms with Crippen LogP contribution in [-0.4, -0.2) is 35.8 Å². The summed E-state index contributed by atoms with van der Waals surface area (Å²) in [4.78, 5) is 14.5. The molecule has 5 nitrogen and oxygen atoms in total. The molecule has 2 aromatic heterocycles. The van der Waals surface area contributed by atoms with Gasteiger partial charge in [-0.15, -0.1) is 0 Å². The number of benzene rings is 2. The van der Waals surface area contributed by atoms with Gasteiger partial charge in [-0.1, -0.05) is 0 Å². The Morgan fingerprint density at radius 3 is 2.52 bits per heavy atom. The second-order valence-corrected chi connectivity index (χ2v) is 10.3. The van der Waals surface area contributed by atoms with Crippen molar-refractivity contribution in [1.29, 1.82) is 0 Å². The van der Waals surface area contributed by atoms with E-state index in [9.17, 15) is 5.11 Å². The average molecular weight is 437 g/mol. The van der Waals surface area contributed by atoms with E-state index in [2.05, 4.69) is 47.3 Å². The molecule has 27 heavy (non-hydrogen) atoms. The van der Waals surface area contributed by atoms with Crippen LogP contribution in [0.1, 0.15) is 16.7 Å². The normalized spacial score (nSPS) is 11.5. The molecule has 135 valence electrons.